The smallest absolute Gasteiger partial charge is 0.191 e. The number of benzene rings is 1. The van der Waals surface area contributed by atoms with Crippen molar-refractivity contribution >= 4 is 29.9 Å². The van der Waals surface area contributed by atoms with Gasteiger partial charge in [-0.1, -0.05) is 36.8 Å². The van der Waals surface area contributed by atoms with Crippen LogP contribution in [0.1, 0.15) is 50.6 Å². The Kier molecular flexibility index (Phi) is 10.1. The summed E-state index contributed by atoms with van der Waals surface area (Å²) in [5.41, 5.74) is 1.24. The van der Waals surface area contributed by atoms with Crippen molar-refractivity contribution in [3.05, 3.63) is 42.0 Å². The Bertz CT molecular complexity index is 635. The molecule has 28 heavy (non-hydrogen) atoms. The third-order valence-electron chi connectivity index (χ3n) is 5.44. The number of piperidine rings is 1. The van der Waals surface area contributed by atoms with Gasteiger partial charge in [0.15, 0.2) is 5.96 Å². The number of guanidine groups is 1. The highest BCUT2D eigenvalue weighted by Crippen LogP contribution is 2.31. The average Bonchev–Trinajstić information content (AvgIpc) is 3.22. The lowest BCUT2D eigenvalue weighted by molar-refractivity contribution is 0.165. The predicted molar refractivity (Wildman–Crippen MR) is 128 cm³/mol. The van der Waals surface area contributed by atoms with E-state index in [1.54, 1.807) is 7.11 Å². The van der Waals surface area contributed by atoms with Crippen molar-refractivity contribution in [3.8, 4) is 5.75 Å². The monoisotopic (exact) mass is 498 g/mol. The summed E-state index contributed by atoms with van der Waals surface area (Å²) in [5.74, 6) is 1.88. The maximum Gasteiger partial charge on any atom is 0.191 e. The lowest BCUT2D eigenvalue weighted by atomic mass is 10.0. The molecule has 0 aromatic heterocycles. The molecular weight excluding hydrogens is 463 g/mol. The van der Waals surface area contributed by atoms with Gasteiger partial charge in [-0.05, 0) is 51.8 Å². The van der Waals surface area contributed by atoms with Gasteiger partial charge in [-0.15, -0.1) is 24.0 Å². The van der Waals surface area contributed by atoms with Crippen molar-refractivity contribution in [3.63, 3.8) is 0 Å². The number of methoxy groups -OCH3 is 1. The van der Waals surface area contributed by atoms with Crippen LogP contribution in [0.5, 0.6) is 5.75 Å². The maximum absolute atomic E-state index is 5.66. The number of ether oxygens (including phenoxy) is 1. The molecule has 0 bridgehead atoms. The molecule has 6 heteroatoms. The Balaban J connectivity index is 0.00000280. The van der Waals surface area contributed by atoms with Crippen molar-refractivity contribution in [1.29, 1.82) is 0 Å². The van der Waals surface area contributed by atoms with Crippen molar-refractivity contribution in [2.45, 2.75) is 51.1 Å². The van der Waals surface area contributed by atoms with Gasteiger partial charge < -0.3 is 15.4 Å². The van der Waals surface area contributed by atoms with E-state index in [4.69, 9.17) is 9.73 Å². The van der Waals surface area contributed by atoms with Gasteiger partial charge in [0.05, 0.1) is 19.7 Å². The molecule has 2 N–H and O–H groups in total. The highest BCUT2D eigenvalue weighted by molar-refractivity contribution is 14.0. The molecule has 0 radical (unpaired) electrons. The second kappa shape index (κ2) is 12.3. The van der Waals surface area contributed by atoms with Gasteiger partial charge in [-0.25, -0.2) is 0 Å². The van der Waals surface area contributed by atoms with Crippen LogP contribution in [0.4, 0.5) is 0 Å². The molecule has 1 aliphatic carbocycles. The zero-order chi connectivity index (χ0) is 18.9. The lowest BCUT2D eigenvalue weighted by Crippen LogP contribution is -2.43. The van der Waals surface area contributed by atoms with Crippen LogP contribution in [0, 0.1) is 0 Å². The summed E-state index contributed by atoms with van der Waals surface area (Å²) in [6, 6.07) is 9.10. The van der Waals surface area contributed by atoms with Gasteiger partial charge in [0.25, 0.3) is 0 Å². The van der Waals surface area contributed by atoms with E-state index < -0.39 is 0 Å². The van der Waals surface area contributed by atoms with Gasteiger partial charge >= 0.3 is 0 Å². The molecule has 156 valence electrons. The predicted octanol–water partition coefficient (Wildman–Crippen LogP) is 4.11. The molecule has 1 aliphatic heterocycles. The summed E-state index contributed by atoms with van der Waals surface area (Å²) in [5, 5.41) is 6.99. The molecule has 1 unspecified atom stereocenters. The Morgan fingerprint density at radius 3 is 2.57 bits per heavy atom. The first-order valence-corrected chi connectivity index (χ1v) is 10.4. The highest BCUT2D eigenvalue weighted by atomic mass is 127. The standard InChI is InChI=1S/C22H34N4O.HI/c1-3-23-22(25-18-11-5-6-12-18)24-17-20(26-15-9-4-10-16-26)19-13-7-8-14-21(19)27-2;/h5-8,13-14,18,20H,3-4,9-12,15-17H2,1-2H3,(H2,23,24,25);1H. The minimum absolute atomic E-state index is 0. The van der Waals surface area contributed by atoms with Crippen LogP contribution >= 0.6 is 24.0 Å². The number of hydrogen-bond donors (Lipinski definition) is 2. The Hall–Kier alpha value is -1.28. The fourth-order valence-corrected chi connectivity index (χ4v) is 4.01. The molecular formula is C22H35IN4O. The summed E-state index contributed by atoms with van der Waals surface area (Å²) in [6.07, 6.45) is 10.5. The van der Waals surface area contributed by atoms with E-state index in [2.05, 4.69) is 52.8 Å². The van der Waals surface area contributed by atoms with E-state index in [1.165, 1.54) is 24.8 Å². The minimum Gasteiger partial charge on any atom is -0.496 e. The number of hydrogen-bond acceptors (Lipinski definition) is 3. The number of aliphatic imine (C=N–C) groups is 1. The summed E-state index contributed by atoms with van der Waals surface area (Å²) < 4.78 is 5.66. The quantitative estimate of drug-likeness (QED) is 0.257. The third kappa shape index (κ3) is 6.37. The van der Waals surface area contributed by atoms with Crippen LogP contribution in [-0.4, -0.2) is 50.2 Å². The summed E-state index contributed by atoms with van der Waals surface area (Å²) in [6.45, 7) is 5.99. The lowest BCUT2D eigenvalue weighted by Gasteiger charge is -2.34. The van der Waals surface area contributed by atoms with Crippen LogP contribution in [-0.2, 0) is 0 Å². The molecule has 2 aliphatic rings. The van der Waals surface area contributed by atoms with Crippen molar-refractivity contribution in [1.82, 2.24) is 15.5 Å². The van der Waals surface area contributed by atoms with E-state index in [0.717, 1.165) is 50.7 Å². The molecule has 0 amide bonds. The molecule has 1 atom stereocenters. The van der Waals surface area contributed by atoms with Gasteiger partial charge in [-0.3, -0.25) is 9.89 Å². The molecule has 1 heterocycles. The topological polar surface area (TPSA) is 48.9 Å². The number of para-hydroxylation sites is 1. The number of halogens is 1. The van der Waals surface area contributed by atoms with Gasteiger partial charge in [0, 0.05) is 18.2 Å². The first-order valence-electron chi connectivity index (χ1n) is 10.4. The Morgan fingerprint density at radius 2 is 1.89 bits per heavy atom. The largest absolute Gasteiger partial charge is 0.496 e. The number of nitrogens with zero attached hydrogens (tertiary/aromatic N) is 2. The number of nitrogens with one attached hydrogen (secondary N) is 2. The maximum atomic E-state index is 5.66. The molecule has 1 fully saturated rings. The van der Waals surface area contributed by atoms with Crippen molar-refractivity contribution in [2.24, 2.45) is 4.99 Å². The third-order valence-corrected chi connectivity index (χ3v) is 5.44. The van der Waals surface area contributed by atoms with E-state index in [1.807, 2.05) is 6.07 Å². The Morgan fingerprint density at radius 1 is 1.18 bits per heavy atom. The van der Waals surface area contributed by atoms with E-state index >= 15 is 0 Å². The Labute approximate surface area is 187 Å². The summed E-state index contributed by atoms with van der Waals surface area (Å²) in [4.78, 5) is 7.55. The molecule has 0 spiro atoms. The molecule has 0 saturated carbocycles. The fraction of sp³-hybridized carbons (Fsp3) is 0.591. The normalized spacial score (nSPS) is 19.1. The van der Waals surface area contributed by atoms with E-state index in [0.29, 0.717) is 6.04 Å². The summed E-state index contributed by atoms with van der Waals surface area (Å²) in [7, 11) is 1.76. The van der Waals surface area contributed by atoms with Crippen LogP contribution in [0.3, 0.4) is 0 Å². The van der Waals surface area contributed by atoms with E-state index in [9.17, 15) is 0 Å². The van der Waals surface area contributed by atoms with Gasteiger partial charge in [0.2, 0.25) is 0 Å². The highest BCUT2D eigenvalue weighted by Gasteiger charge is 2.25. The molecule has 1 saturated heterocycles. The number of rotatable bonds is 7. The van der Waals surface area contributed by atoms with Crippen LogP contribution in [0.15, 0.2) is 41.4 Å². The van der Waals surface area contributed by atoms with E-state index in [-0.39, 0.29) is 30.0 Å². The fourth-order valence-electron chi connectivity index (χ4n) is 4.01. The summed E-state index contributed by atoms with van der Waals surface area (Å²) >= 11 is 0. The van der Waals surface area contributed by atoms with Crippen LogP contribution in [0.2, 0.25) is 0 Å². The van der Waals surface area contributed by atoms with Crippen LogP contribution in [0.25, 0.3) is 0 Å². The molecule has 1 aromatic carbocycles. The van der Waals surface area contributed by atoms with Gasteiger partial charge in [0.1, 0.15) is 5.75 Å². The average molecular weight is 498 g/mol. The minimum atomic E-state index is 0. The van der Waals surface area contributed by atoms with Crippen molar-refractivity contribution < 1.29 is 4.74 Å². The molecule has 5 nitrogen and oxygen atoms in total. The van der Waals surface area contributed by atoms with Gasteiger partial charge in [-0.2, -0.15) is 0 Å². The molecule has 3 rings (SSSR count). The molecule has 1 aromatic rings. The second-order valence-corrected chi connectivity index (χ2v) is 7.36. The SMILES string of the molecule is CCNC(=NCC(c1ccccc1OC)N1CCCCC1)NC1CC=CC1.I. The number of likely N-dealkylation sites (tertiary alicyclic amines) is 1. The zero-order valence-electron chi connectivity index (χ0n) is 17.2. The first kappa shape index (κ1) is 23.0. The second-order valence-electron chi connectivity index (χ2n) is 7.36. The zero-order valence-corrected chi connectivity index (χ0v) is 19.5. The first-order chi connectivity index (χ1) is 13.3. The van der Waals surface area contributed by atoms with Crippen LogP contribution < -0.4 is 15.4 Å². The van der Waals surface area contributed by atoms with Crippen molar-refractivity contribution in [2.75, 3.05) is 33.3 Å².